The van der Waals surface area contributed by atoms with E-state index in [-0.39, 0.29) is 11.8 Å². The Bertz CT molecular complexity index is 1290. The van der Waals surface area contributed by atoms with Crippen LogP contribution >= 0.6 is 0 Å². The first-order valence-corrected chi connectivity index (χ1v) is 11.0. The summed E-state index contributed by atoms with van der Waals surface area (Å²) in [6.45, 7) is 4.37. The number of carboxylic acids is 1. The number of urea groups is 1. The van der Waals surface area contributed by atoms with E-state index in [1.165, 1.54) is 0 Å². The second-order valence-electron chi connectivity index (χ2n) is 8.20. The molecule has 0 bridgehead atoms. The van der Waals surface area contributed by atoms with Crippen molar-refractivity contribution in [3.05, 3.63) is 36.2 Å². The van der Waals surface area contributed by atoms with Gasteiger partial charge in [0, 0.05) is 63.4 Å². The van der Waals surface area contributed by atoms with Crippen LogP contribution in [0.3, 0.4) is 0 Å². The largest absolute Gasteiger partial charge is 0.505 e. The molecule has 11 nitrogen and oxygen atoms in total. The van der Waals surface area contributed by atoms with E-state index in [0.717, 1.165) is 43.9 Å². The standard InChI is InChI=1S/C20H23N7O2.C2HF3O2/c1-25-12-14-15(24-25)2-3-16(18(14)28)23-20(29)27-9-5-13-17(4-6-22-19(13)27)26-10-7-21-8-11-26;3-2(4,5)1(6)7/h2-4,6,12,21,28H,5,7-11H2,1H3,(H,23,29);(H,6,7). The predicted octanol–water partition coefficient (Wildman–Crippen LogP) is 2.31. The summed E-state index contributed by atoms with van der Waals surface area (Å²) in [5.41, 5.74) is 3.31. The monoisotopic (exact) mass is 507 g/mol. The molecule has 14 heteroatoms. The van der Waals surface area contributed by atoms with Crippen molar-refractivity contribution in [1.82, 2.24) is 20.1 Å². The van der Waals surface area contributed by atoms with Crippen molar-refractivity contribution in [2.24, 2.45) is 7.05 Å². The number of carbonyl (C=O) groups excluding carboxylic acids is 1. The minimum Gasteiger partial charge on any atom is -0.505 e. The third-order valence-electron chi connectivity index (χ3n) is 5.81. The maximum absolute atomic E-state index is 13.0. The number of fused-ring (bicyclic) bond motifs is 2. The zero-order chi connectivity index (χ0) is 26.0. The van der Waals surface area contributed by atoms with Crippen molar-refractivity contribution < 1.29 is 33.0 Å². The van der Waals surface area contributed by atoms with Crippen LogP contribution in [0.25, 0.3) is 10.9 Å². The van der Waals surface area contributed by atoms with Gasteiger partial charge in [-0.1, -0.05) is 0 Å². The molecule has 2 amide bonds. The summed E-state index contributed by atoms with van der Waals surface area (Å²) in [4.78, 5) is 30.3. The van der Waals surface area contributed by atoms with Crippen molar-refractivity contribution in [3.8, 4) is 5.75 Å². The number of aromatic hydroxyl groups is 1. The summed E-state index contributed by atoms with van der Waals surface area (Å²) in [5, 5.41) is 28.7. The minimum atomic E-state index is -5.08. The summed E-state index contributed by atoms with van der Waals surface area (Å²) < 4.78 is 33.4. The number of phenolic OH excluding ortho intramolecular Hbond substituents is 1. The molecule has 1 fully saturated rings. The average Bonchev–Trinajstić information content (AvgIpc) is 3.45. The van der Waals surface area contributed by atoms with Gasteiger partial charge in [-0.25, -0.2) is 14.6 Å². The number of nitrogens with one attached hydrogen (secondary N) is 2. The van der Waals surface area contributed by atoms with E-state index in [2.05, 4.69) is 25.6 Å². The van der Waals surface area contributed by atoms with E-state index in [0.29, 0.717) is 29.0 Å². The second kappa shape index (κ2) is 9.89. The molecule has 0 atom stereocenters. The first-order chi connectivity index (χ1) is 17.1. The van der Waals surface area contributed by atoms with E-state index in [4.69, 9.17) is 9.90 Å². The van der Waals surface area contributed by atoms with Gasteiger partial charge < -0.3 is 25.7 Å². The van der Waals surface area contributed by atoms with Crippen molar-refractivity contribution in [3.63, 3.8) is 0 Å². The molecule has 1 aromatic carbocycles. The number of anilines is 3. The van der Waals surface area contributed by atoms with Gasteiger partial charge in [0.15, 0.2) is 0 Å². The zero-order valence-electron chi connectivity index (χ0n) is 19.2. The van der Waals surface area contributed by atoms with E-state index < -0.39 is 12.1 Å². The summed E-state index contributed by atoms with van der Waals surface area (Å²) in [5.74, 6) is -2.04. The number of rotatable bonds is 2. The maximum Gasteiger partial charge on any atom is 0.490 e. The highest BCUT2D eigenvalue weighted by Crippen LogP contribution is 2.36. The fourth-order valence-corrected chi connectivity index (χ4v) is 4.15. The van der Waals surface area contributed by atoms with Crippen LogP contribution in [-0.2, 0) is 18.3 Å². The van der Waals surface area contributed by atoms with Gasteiger partial charge in [-0.2, -0.15) is 18.3 Å². The molecule has 192 valence electrons. The number of pyridine rings is 1. The number of aryl methyl sites for hydroxylation is 1. The number of piperazine rings is 1. The van der Waals surface area contributed by atoms with Crippen LogP contribution in [-0.4, -0.2) is 75.9 Å². The Labute approximate surface area is 203 Å². The highest BCUT2D eigenvalue weighted by atomic mass is 19.4. The van der Waals surface area contributed by atoms with Gasteiger partial charge in [0.05, 0.1) is 16.6 Å². The van der Waals surface area contributed by atoms with Gasteiger partial charge in [-0.3, -0.25) is 9.58 Å². The number of alkyl halides is 3. The highest BCUT2D eigenvalue weighted by molar-refractivity contribution is 6.05. The minimum absolute atomic E-state index is 0.0193. The summed E-state index contributed by atoms with van der Waals surface area (Å²) >= 11 is 0. The smallest absolute Gasteiger partial charge is 0.490 e. The SMILES string of the molecule is Cn1cc2c(O)c(NC(=O)N3CCc4c(N5CCNCC5)ccnc43)ccc2n1.O=C(O)C(F)(F)F. The van der Waals surface area contributed by atoms with Crippen LogP contribution in [0.4, 0.5) is 35.2 Å². The number of amides is 2. The molecular formula is C22H24F3N7O4. The zero-order valence-corrected chi connectivity index (χ0v) is 19.2. The number of hydrogen-bond donors (Lipinski definition) is 4. The average molecular weight is 507 g/mol. The van der Waals surface area contributed by atoms with Gasteiger partial charge in [0.1, 0.15) is 11.6 Å². The lowest BCUT2D eigenvalue weighted by Gasteiger charge is -2.31. The third-order valence-corrected chi connectivity index (χ3v) is 5.81. The molecule has 36 heavy (non-hydrogen) atoms. The Morgan fingerprint density at radius 3 is 2.50 bits per heavy atom. The van der Waals surface area contributed by atoms with Crippen molar-refractivity contribution in [2.45, 2.75) is 12.6 Å². The van der Waals surface area contributed by atoms with Gasteiger partial charge >= 0.3 is 18.2 Å². The Kier molecular flexibility index (Phi) is 6.88. The first kappa shape index (κ1) is 25.0. The number of aromatic nitrogens is 3. The Balaban J connectivity index is 0.000000384. The molecule has 2 aliphatic rings. The molecule has 0 saturated carbocycles. The summed E-state index contributed by atoms with van der Waals surface area (Å²) in [6.07, 6.45) is -0.822. The number of carbonyl (C=O) groups is 2. The first-order valence-electron chi connectivity index (χ1n) is 11.0. The van der Waals surface area contributed by atoms with Gasteiger partial charge in [0.2, 0.25) is 0 Å². The molecule has 0 unspecified atom stereocenters. The molecular weight excluding hydrogens is 483 g/mol. The topological polar surface area (TPSA) is 136 Å². The van der Waals surface area contributed by atoms with Crippen LogP contribution in [0.2, 0.25) is 0 Å². The van der Waals surface area contributed by atoms with Crippen LogP contribution in [0.1, 0.15) is 5.56 Å². The second-order valence-corrected chi connectivity index (χ2v) is 8.20. The van der Waals surface area contributed by atoms with Crippen LogP contribution in [0.5, 0.6) is 5.75 Å². The van der Waals surface area contributed by atoms with E-state index in [1.807, 2.05) is 6.07 Å². The summed E-state index contributed by atoms with van der Waals surface area (Å²) in [6, 6.07) is 5.19. The van der Waals surface area contributed by atoms with E-state index in [9.17, 15) is 23.1 Å². The molecule has 2 aromatic heterocycles. The molecule has 4 N–H and O–H groups in total. The number of benzene rings is 1. The van der Waals surface area contributed by atoms with Crippen LogP contribution in [0.15, 0.2) is 30.6 Å². The molecule has 4 heterocycles. The van der Waals surface area contributed by atoms with Crippen LogP contribution < -0.4 is 20.4 Å². The van der Waals surface area contributed by atoms with Gasteiger partial charge in [-0.15, -0.1) is 0 Å². The molecule has 1 saturated heterocycles. The quantitative estimate of drug-likeness (QED) is 0.388. The number of halogens is 3. The Morgan fingerprint density at radius 1 is 1.14 bits per heavy atom. The lowest BCUT2D eigenvalue weighted by molar-refractivity contribution is -0.192. The number of carboxylic acid groups (broad SMARTS) is 1. The number of aliphatic carboxylic acids is 1. The third kappa shape index (κ3) is 5.12. The molecule has 0 spiro atoms. The highest BCUT2D eigenvalue weighted by Gasteiger charge is 2.38. The Hall–Kier alpha value is -4.07. The molecule has 3 aromatic rings. The van der Waals surface area contributed by atoms with E-state index >= 15 is 0 Å². The fourth-order valence-electron chi connectivity index (χ4n) is 4.15. The normalized spacial score (nSPS) is 15.3. The molecule has 0 aliphatic carbocycles. The summed E-state index contributed by atoms with van der Waals surface area (Å²) in [7, 11) is 1.79. The molecule has 0 radical (unpaired) electrons. The lowest BCUT2D eigenvalue weighted by atomic mass is 10.1. The van der Waals surface area contributed by atoms with Crippen molar-refractivity contribution in [1.29, 1.82) is 0 Å². The maximum atomic E-state index is 13.0. The van der Waals surface area contributed by atoms with Crippen LogP contribution in [0, 0.1) is 0 Å². The van der Waals surface area contributed by atoms with Gasteiger partial charge in [0.25, 0.3) is 0 Å². The fraction of sp³-hybridized carbons (Fsp3) is 0.364. The van der Waals surface area contributed by atoms with Crippen molar-refractivity contribution in [2.75, 3.05) is 47.8 Å². The molecule has 5 rings (SSSR count). The number of hydrogen-bond acceptors (Lipinski definition) is 7. The predicted molar refractivity (Wildman–Crippen MR) is 125 cm³/mol. The Morgan fingerprint density at radius 2 is 1.83 bits per heavy atom. The molecule has 2 aliphatic heterocycles. The number of nitrogens with zero attached hydrogens (tertiary/aromatic N) is 5. The lowest BCUT2D eigenvalue weighted by Crippen LogP contribution is -2.43. The number of phenols is 1. The van der Waals surface area contributed by atoms with Gasteiger partial charge in [-0.05, 0) is 24.6 Å². The van der Waals surface area contributed by atoms with E-state index in [1.54, 1.807) is 41.2 Å². The van der Waals surface area contributed by atoms with Crippen molar-refractivity contribution >= 4 is 40.1 Å².